The van der Waals surface area contributed by atoms with E-state index in [4.69, 9.17) is 14.2 Å². The normalized spacial score (nSPS) is 21.9. The largest absolute Gasteiger partial charge is 0.496 e. The number of Topliss-reactive ketones (excluding diaryl/α,β-unsaturated/α-hetero) is 1. The van der Waals surface area contributed by atoms with Crippen LogP contribution in [0.2, 0.25) is 0 Å². The van der Waals surface area contributed by atoms with Crippen molar-refractivity contribution < 1.29 is 23.8 Å². The van der Waals surface area contributed by atoms with Crippen LogP contribution in [0.25, 0.3) is 0 Å². The summed E-state index contributed by atoms with van der Waals surface area (Å²) >= 11 is 0. The Hall–Kier alpha value is -2.47. The van der Waals surface area contributed by atoms with Crippen molar-refractivity contribution in [2.75, 3.05) is 20.8 Å². The van der Waals surface area contributed by atoms with Gasteiger partial charge in [-0.05, 0) is 44.4 Å². The van der Waals surface area contributed by atoms with Crippen LogP contribution >= 0.6 is 0 Å². The maximum absolute atomic E-state index is 12.9. The van der Waals surface area contributed by atoms with Crippen molar-refractivity contribution in [3.8, 4) is 5.75 Å². The predicted molar refractivity (Wildman–Crippen MR) is 106 cm³/mol. The van der Waals surface area contributed by atoms with Crippen LogP contribution < -0.4 is 4.74 Å². The van der Waals surface area contributed by atoms with Gasteiger partial charge in [0.1, 0.15) is 11.7 Å². The van der Waals surface area contributed by atoms with Gasteiger partial charge < -0.3 is 14.2 Å². The topological polar surface area (TPSA) is 74.2 Å². The first-order chi connectivity index (χ1) is 13.5. The Bertz CT molecular complexity index is 839. The van der Waals surface area contributed by atoms with E-state index in [1.807, 2.05) is 25.1 Å². The summed E-state index contributed by atoms with van der Waals surface area (Å²) in [6.45, 7) is 4.28. The molecule has 1 aliphatic heterocycles. The molecule has 1 aliphatic carbocycles. The van der Waals surface area contributed by atoms with Crippen molar-refractivity contribution in [3.05, 3.63) is 40.6 Å². The minimum atomic E-state index is -0.607. The number of carbonyl (C=O) groups is 2. The lowest BCUT2D eigenvalue weighted by Gasteiger charge is -2.34. The van der Waals surface area contributed by atoms with Crippen molar-refractivity contribution in [3.63, 3.8) is 0 Å². The van der Waals surface area contributed by atoms with E-state index in [0.29, 0.717) is 30.1 Å². The highest BCUT2D eigenvalue weighted by Gasteiger charge is 2.43. The molecule has 1 aromatic carbocycles. The van der Waals surface area contributed by atoms with Crippen molar-refractivity contribution in [2.24, 2.45) is 10.9 Å². The van der Waals surface area contributed by atoms with Gasteiger partial charge in [0.05, 0.1) is 20.3 Å². The Morgan fingerprint density at radius 3 is 2.71 bits per heavy atom. The SMILES string of the molecule is CCOC(=O)C1C(C)=NC2=C(C(=O)CCC2)[C@@H]1c1ccc(OC)c(COC)c1. The van der Waals surface area contributed by atoms with Gasteiger partial charge in [-0.25, -0.2) is 0 Å². The van der Waals surface area contributed by atoms with Crippen molar-refractivity contribution >= 4 is 17.5 Å². The molecule has 1 unspecified atom stereocenters. The highest BCUT2D eigenvalue weighted by atomic mass is 16.5. The fourth-order valence-electron chi connectivity index (χ4n) is 4.16. The Labute approximate surface area is 165 Å². The number of hydrogen-bond acceptors (Lipinski definition) is 6. The second kappa shape index (κ2) is 8.69. The number of benzene rings is 1. The fourth-order valence-corrected chi connectivity index (χ4v) is 4.16. The molecule has 0 saturated carbocycles. The smallest absolute Gasteiger partial charge is 0.315 e. The molecule has 0 aromatic heterocycles. The van der Waals surface area contributed by atoms with Crippen molar-refractivity contribution in [2.45, 2.75) is 45.6 Å². The zero-order chi connectivity index (χ0) is 20.3. The third-order valence-electron chi connectivity index (χ3n) is 5.34. The van der Waals surface area contributed by atoms with Gasteiger partial charge in [0.25, 0.3) is 0 Å². The van der Waals surface area contributed by atoms with Crippen LogP contribution in [-0.4, -0.2) is 38.3 Å². The molecule has 0 saturated heterocycles. The monoisotopic (exact) mass is 385 g/mol. The summed E-state index contributed by atoms with van der Waals surface area (Å²) in [6.07, 6.45) is 2.04. The van der Waals surface area contributed by atoms with Gasteiger partial charge >= 0.3 is 5.97 Å². The number of carbonyl (C=O) groups excluding carboxylic acids is 2. The van der Waals surface area contributed by atoms with Crippen LogP contribution in [0.5, 0.6) is 5.75 Å². The third kappa shape index (κ3) is 3.74. The summed E-state index contributed by atoms with van der Waals surface area (Å²) < 4.78 is 16.1. The lowest BCUT2D eigenvalue weighted by atomic mass is 9.71. The summed E-state index contributed by atoms with van der Waals surface area (Å²) in [6, 6.07) is 5.74. The summed E-state index contributed by atoms with van der Waals surface area (Å²) in [5.41, 5.74) is 3.91. The van der Waals surface area contributed by atoms with Gasteiger partial charge in [0, 0.05) is 42.0 Å². The van der Waals surface area contributed by atoms with Gasteiger partial charge in [-0.15, -0.1) is 0 Å². The lowest BCUT2D eigenvalue weighted by Crippen LogP contribution is -2.37. The molecule has 2 aliphatic rings. The Kier molecular flexibility index (Phi) is 6.29. The van der Waals surface area contributed by atoms with Gasteiger partial charge in [0.2, 0.25) is 0 Å². The van der Waals surface area contributed by atoms with Gasteiger partial charge in [-0.3, -0.25) is 14.6 Å². The van der Waals surface area contributed by atoms with E-state index in [1.165, 1.54) is 0 Å². The maximum Gasteiger partial charge on any atom is 0.315 e. The van der Waals surface area contributed by atoms with Crippen LogP contribution in [0.3, 0.4) is 0 Å². The average Bonchev–Trinajstić information content (AvgIpc) is 2.67. The van der Waals surface area contributed by atoms with Crippen molar-refractivity contribution in [1.82, 2.24) is 0 Å². The highest BCUT2D eigenvalue weighted by Crippen LogP contribution is 2.44. The number of nitrogens with zero attached hydrogens (tertiary/aromatic N) is 1. The van der Waals surface area contributed by atoms with Gasteiger partial charge in [0.15, 0.2) is 5.78 Å². The molecule has 6 heteroatoms. The summed E-state index contributed by atoms with van der Waals surface area (Å²) in [5, 5.41) is 0. The number of ketones is 1. The van der Waals surface area contributed by atoms with Crippen molar-refractivity contribution in [1.29, 1.82) is 0 Å². The van der Waals surface area contributed by atoms with Crippen LogP contribution in [0.1, 0.15) is 50.2 Å². The molecule has 6 nitrogen and oxygen atoms in total. The first-order valence-electron chi connectivity index (χ1n) is 9.65. The van der Waals surface area contributed by atoms with E-state index in [-0.39, 0.29) is 18.4 Å². The molecule has 0 bridgehead atoms. The molecule has 0 fully saturated rings. The van der Waals surface area contributed by atoms with E-state index in [2.05, 4.69) is 4.99 Å². The second-order valence-electron chi connectivity index (χ2n) is 7.10. The Balaban J connectivity index is 2.15. The van der Waals surface area contributed by atoms with E-state index >= 15 is 0 Å². The van der Waals surface area contributed by atoms with Crippen LogP contribution in [-0.2, 0) is 25.7 Å². The molecule has 0 N–H and O–H groups in total. The molecule has 28 heavy (non-hydrogen) atoms. The average molecular weight is 385 g/mol. The zero-order valence-electron chi connectivity index (χ0n) is 16.9. The first kappa shape index (κ1) is 20.3. The molecule has 0 amide bonds. The number of rotatable bonds is 6. The van der Waals surface area contributed by atoms with Gasteiger partial charge in [-0.2, -0.15) is 0 Å². The molecule has 3 rings (SSSR count). The molecule has 1 aromatic rings. The number of aliphatic imine (C=N–C) groups is 1. The zero-order valence-corrected chi connectivity index (χ0v) is 16.9. The molecule has 150 valence electrons. The predicted octanol–water partition coefficient (Wildman–Crippen LogP) is 3.59. The van der Waals surface area contributed by atoms with E-state index < -0.39 is 11.8 Å². The summed E-state index contributed by atoms with van der Waals surface area (Å²) in [5.74, 6) is -0.572. The Morgan fingerprint density at radius 1 is 1.25 bits per heavy atom. The van der Waals surface area contributed by atoms with E-state index in [1.54, 1.807) is 21.1 Å². The fraction of sp³-hybridized carbons (Fsp3) is 0.500. The lowest BCUT2D eigenvalue weighted by molar-refractivity contribution is -0.146. The maximum atomic E-state index is 12.9. The quantitative estimate of drug-likeness (QED) is 0.700. The minimum absolute atomic E-state index is 0.0703. The number of allylic oxidation sites excluding steroid dienone is 2. The second-order valence-corrected chi connectivity index (χ2v) is 7.10. The number of hydrogen-bond donors (Lipinski definition) is 0. The molecular formula is C22H27NO5. The van der Waals surface area contributed by atoms with Crippen LogP contribution in [0.4, 0.5) is 0 Å². The van der Waals surface area contributed by atoms with E-state index in [9.17, 15) is 9.59 Å². The van der Waals surface area contributed by atoms with E-state index in [0.717, 1.165) is 29.7 Å². The molecule has 0 radical (unpaired) electrons. The van der Waals surface area contributed by atoms with Crippen LogP contribution in [0.15, 0.2) is 34.5 Å². The minimum Gasteiger partial charge on any atom is -0.496 e. The molecule has 2 atom stereocenters. The Morgan fingerprint density at radius 2 is 2.04 bits per heavy atom. The number of ether oxygens (including phenoxy) is 3. The highest BCUT2D eigenvalue weighted by molar-refractivity contribution is 6.08. The summed E-state index contributed by atoms with van der Waals surface area (Å²) in [7, 11) is 3.23. The summed E-state index contributed by atoms with van der Waals surface area (Å²) in [4.78, 5) is 30.3. The molecule has 1 heterocycles. The standard InChI is InChI=1S/C22H27NO5/c1-5-28-22(25)19-13(2)23-16-7-6-8-17(24)21(16)20(19)14-9-10-18(27-4)15(11-14)12-26-3/h9-11,19-20H,5-8,12H2,1-4H3/t19?,20-/m1/s1. The third-order valence-corrected chi connectivity index (χ3v) is 5.34. The molecular weight excluding hydrogens is 358 g/mol. The number of methoxy groups -OCH3 is 2. The van der Waals surface area contributed by atoms with Crippen LogP contribution in [0, 0.1) is 5.92 Å². The number of esters is 1. The molecule has 0 spiro atoms. The first-order valence-corrected chi connectivity index (χ1v) is 9.65. The van der Waals surface area contributed by atoms with Gasteiger partial charge in [-0.1, -0.05) is 6.07 Å².